The third-order valence-electron chi connectivity index (χ3n) is 4.57. The highest BCUT2D eigenvalue weighted by Crippen LogP contribution is 2.28. The fourth-order valence-electron chi connectivity index (χ4n) is 3.20. The molecule has 3 aromatic rings. The molecule has 26 heavy (non-hydrogen) atoms. The molecule has 0 aliphatic carbocycles. The summed E-state index contributed by atoms with van der Waals surface area (Å²) in [7, 11) is 0. The van der Waals surface area contributed by atoms with Gasteiger partial charge in [0.15, 0.2) is 0 Å². The zero-order chi connectivity index (χ0) is 17.9. The fraction of sp³-hybridized carbons (Fsp3) is 0.190. The SMILES string of the molecule is Oc1ccc2ccccc2c1C=Nc1ccc(N2CCOCC2)c(F)c1. The molecular weight excluding hydrogens is 331 g/mol. The number of phenolic OH excluding ortho intramolecular Hbond substituents is 1. The third kappa shape index (κ3) is 3.26. The predicted octanol–water partition coefficient (Wildman–Crippen LogP) is 4.27. The summed E-state index contributed by atoms with van der Waals surface area (Å²) in [5.41, 5.74) is 1.70. The number of fused-ring (bicyclic) bond motifs is 1. The minimum Gasteiger partial charge on any atom is -0.507 e. The largest absolute Gasteiger partial charge is 0.507 e. The molecular formula is C21H19FN2O2. The van der Waals surface area contributed by atoms with Gasteiger partial charge in [0, 0.05) is 30.9 Å². The van der Waals surface area contributed by atoms with Crippen molar-refractivity contribution in [3.8, 4) is 5.75 Å². The zero-order valence-corrected chi connectivity index (χ0v) is 14.2. The first-order chi connectivity index (χ1) is 12.7. The number of ether oxygens (including phenoxy) is 1. The van der Waals surface area contributed by atoms with Crippen LogP contribution >= 0.6 is 0 Å². The van der Waals surface area contributed by atoms with E-state index < -0.39 is 0 Å². The molecule has 0 saturated carbocycles. The number of aromatic hydroxyl groups is 1. The number of hydrogen-bond acceptors (Lipinski definition) is 4. The number of halogens is 1. The summed E-state index contributed by atoms with van der Waals surface area (Å²) in [6.07, 6.45) is 1.58. The lowest BCUT2D eigenvalue weighted by molar-refractivity contribution is 0.122. The maximum absolute atomic E-state index is 14.5. The second-order valence-electron chi connectivity index (χ2n) is 6.21. The molecule has 1 fully saturated rings. The van der Waals surface area contributed by atoms with E-state index in [1.54, 1.807) is 24.4 Å². The molecule has 1 aliphatic rings. The van der Waals surface area contributed by atoms with Crippen LogP contribution in [0.3, 0.4) is 0 Å². The van der Waals surface area contributed by atoms with Crippen LogP contribution in [-0.2, 0) is 4.74 Å². The first kappa shape index (κ1) is 16.5. The van der Waals surface area contributed by atoms with Crippen LogP contribution < -0.4 is 4.90 Å². The maximum atomic E-state index is 14.5. The molecule has 3 aromatic carbocycles. The summed E-state index contributed by atoms with van der Waals surface area (Å²) in [6, 6.07) is 16.2. The van der Waals surface area contributed by atoms with Crippen molar-refractivity contribution in [1.82, 2.24) is 0 Å². The van der Waals surface area contributed by atoms with Crippen molar-refractivity contribution < 1.29 is 14.2 Å². The van der Waals surface area contributed by atoms with Crippen LogP contribution in [0.4, 0.5) is 15.8 Å². The van der Waals surface area contributed by atoms with Crippen molar-refractivity contribution in [3.05, 3.63) is 66.0 Å². The molecule has 4 nitrogen and oxygen atoms in total. The molecule has 1 saturated heterocycles. The van der Waals surface area contributed by atoms with Crippen LogP contribution in [0.5, 0.6) is 5.75 Å². The van der Waals surface area contributed by atoms with Gasteiger partial charge >= 0.3 is 0 Å². The van der Waals surface area contributed by atoms with Crippen LogP contribution in [0, 0.1) is 5.82 Å². The van der Waals surface area contributed by atoms with E-state index in [1.165, 1.54) is 6.07 Å². The van der Waals surface area contributed by atoms with E-state index in [1.807, 2.05) is 35.2 Å². The topological polar surface area (TPSA) is 45.1 Å². The molecule has 0 spiro atoms. The summed E-state index contributed by atoms with van der Waals surface area (Å²) >= 11 is 0. The molecule has 132 valence electrons. The third-order valence-corrected chi connectivity index (χ3v) is 4.57. The van der Waals surface area contributed by atoms with Crippen molar-refractivity contribution in [1.29, 1.82) is 0 Å². The summed E-state index contributed by atoms with van der Waals surface area (Å²) in [5.74, 6) is -0.151. The van der Waals surface area contributed by atoms with Gasteiger partial charge in [0.25, 0.3) is 0 Å². The fourth-order valence-corrected chi connectivity index (χ4v) is 3.20. The normalized spacial score (nSPS) is 15.0. The molecule has 0 atom stereocenters. The smallest absolute Gasteiger partial charge is 0.148 e. The summed E-state index contributed by atoms with van der Waals surface area (Å²) in [4.78, 5) is 6.34. The second-order valence-corrected chi connectivity index (χ2v) is 6.21. The minimum atomic E-state index is -0.302. The number of phenols is 1. The lowest BCUT2D eigenvalue weighted by Gasteiger charge is -2.29. The van der Waals surface area contributed by atoms with Crippen molar-refractivity contribution in [3.63, 3.8) is 0 Å². The Labute approximate surface area is 151 Å². The Bertz CT molecular complexity index is 965. The van der Waals surface area contributed by atoms with Crippen LogP contribution in [0.2, 0.25) is 0 Å². The molecule has 1 N–H and O–H groups in total. The molecule has 5 heteroatoms. The number of aliphatic imine (C=N–C) groups is 1. The predicted molar refractivity (Wildman–Crippen MR) is 102 cm³/mol. The molecule has 0 unspecified atom stereocenters. The Morgan fingerprint density at radius 2 is 1.85 bits per heavy atom. The van der Waals surface area contributed by atoms with E-state index in [0.717, 1.165) is 10.8 Å². The second kappa shape index (κ2) is 7.14. The standard InChI is InChI=1S/C21H19FN2O2/c22-19-13-16(6-7-20(19)24-9-11-26-12-10-24)23-14-18-17-4-2-1-3-15(17)5-8-21(18)25/h1-8,13-14,25H,9-12H2. The van der Waals surface area contributed by atoms with Gasteiger partial charge in [-0.05, 0) is 29.0 Å². The van der Waals surface area contributed by atoms with E-state index in [9.17, 15) is 9.50 Å². The molecule has 0 radical (unpaired) electrons. The van der Waals surface area contributed by atoms with Gasteiger partial charge in [-0.2, -0.15) is 0 Å². The lowest BCUT2D eigenvalue weighted by atomic mass is 10.0. The molecule has 1 heterocycles. The summed E-state index contributed by atoms with van der Waals surface area (Å²) < 4.78 is 19.8. The van der Waals surface area contributed by atoms with E-state index in [0.29, 0.717) is 43.2 Å². The number of nitrogens with zero attached hydrogens (tertiary/aromatic N) is 2. The number of benzene rings is 3. The van der Waals surface area contributed by atoms with E-state index in [-0.39, 0.29) is 11.6 Å². The van der Waals surface area contributed by atoms with Crippen LogP contribution in [0.15, 0.2) is 59.6 Å². The highest BCUT2D eigenvalue weighted by Gasteiger charge is 2.15. The Morgan fingerprint density at radius 1 is 1.04 bits per heavy atom. The first-order valence-electron chi connectivity index (χ1n) is 8.59. The average Bonchev–Trinajstić information content (AvgIpc) is 2.68. The Hall–Kier alpha value is -2.92. The molecule has 4 rings (SSSR count). The van der Waals surface area contributed by atoms with Gasteiger partial charge in [-0.3, -0.25) is 4.99 Å². The summed E-state index contributed by atoms with van der Waals surface area (Å²) in [6.45, 7) is 2.59. The van der Waals surface area contributed by atoms with Crippen LogP contribution in [-0.4, -0.2) is 37.6 Å². The van der Waals surface area contributed by atoms with Gasteiger partial charge in [0.1, 0.15) is 11.6 Å². The maximum Gasteiger partial charge on any atom is 0.148 e. The van der Waals surface area contributed by atoms with Crippen molar-refractivity contribution >= 4 is 28.4 Å². The van der Waals surface area contributed by atoms with Gasteiger partial charge < -0.3 is 14.7 Å². The average molecular weight is 350 g/mol. The minimum absolute atomic E-state index is 0.151. The van der Waals surface area contributed by atoms with Crippen molar-refractivity contribution in [2.75, 3.05) is 31.2 Å². The van der Waals surface area contributed by atoms with Crippen LogP contribution in [0.1, 0.15) is 5.56 Å². The van der Waals surface area contributed by atoms with Crippen LogP contribution in [0.25, 0.3) is 10.8 Å². The molecule has 0 amide bonds. The molecule has 0 aromatic heterocycles. The summed E-state index contributed by atoms with van der Waals surface area (Å²) in [5, 5.41) is 12.1. The number of anilines is 1. The Morgan fingerprint density at radius 3 is 2.65 bits per heavy atom. The highest BCUT2D eigenvalue weighted by atomic mass is 19.1. The quantitative estimate of drug-likeness (QED) is 0.718. The number of morpholine rings is 1. The lowest BCUT2D eigenvalue weighted by Crippen LogP contribution is -2.36. The number of rotatable bonds is 3. The van der Waals surface area contributed by atoms with E-state index >= 15 is 0 Å². The number of hydrogen-bond donors (Lipinski definition) is 1. The molecule has 1 aliphatic heterocycles. The van der Waals surface area contributed by atoms with E-state index in [4.69, 9.17) is 4.74 Å². The first-order valence-corrected chi connectivity index (χ1v) is 8.59. The van der Waals surface area contributed by atoms with Gasteiger partial charge in [0.2, 0.25) is 0 Å². The highest BCUT2D eigenvalue weighted by molar-refractivity contribution is 6.03. The Kier molecular flexibility index (Phi) is 4.54. The monoisotopic (exact) mass is 350 g/mol. The van der Waals surface area contributed by atoms with Gasteiger partial charge in [0.05, 0.1) is 24.6 Å². The van der Waals surface area contributed by atoms with Gasteiger partial charge in [-0.25, -0.2) is 4.39 Å². The van der Waals surface area contributed by atoms with Gasteiger partial charge in [-0.1, -0.05) is 30.3 Å². The van der Waals surface area contributed by atoms with Crippen molar-refractivity contribution in [2.24, 2.45) is 4.99 Å². The van der Waals surface area contributed by atoms with E-state index in [2.05, 4.69) is 4.99 Å². The van der Waals surface area contributed by atoms with Crippen molar-refractivity contribution in [2.45, 2.75) is 0 Å². The Balaban J connectivity index is 1.63. The van der Waals surface area contributed by atoms with Gasteiger partial charge in [-0.15, -0.1) is 0 Å². The zero-order valence-electron chi connectivity index (χ0n) is 14.2. The molecule has 0 bridgehead atoms.